The van der Waals surface area contributed by atoms with E-state index in [-0.39, 0.29) is 24.7 Å². The number of hydrogen-bond acceptors (Lipinski definition) is 3. The molecule has 0 unspecified atom stereocenters. The van der Waals surface area contributed by atoms with Gasteiger partial charge in [-0.05, 0) is 25.0 Å². The highest BCUT2D eigenvalue weighted by atomic mass is 16.4. The molecule has 2 rings (SSSR count). The van der Waals surface area contributed by atoms with Crippen LogP contribution < -0.4 is 0 Å². The molecule has 1 atom stereocenters. The van der Waals surface area contributed by atoms with Crippen LogP contribution in [-0.4, -0.2) is 39.7 Å². The molecule has 1 N–H and O–H groups in total. The summed E-state index contributed by atoms with van der Waals surface area (Å²) in [5, 5.41) is 9.24. The van der Waals surface area contributed by atoms with Gasteiger partial charge in [0.25, 0.3) is 0 Å². The van der Waals surface area contributed by atoms with Crippen molar-refractivity contribution in [3.8, 4) is 0 Å². The number of aliphatic carboxylic acids is 1. The van der Waals surface area contributed by atoms with Crippen molar-refractivity contribution in [3.05, 3.63) is 11.6 Å². The zero-order valence-electron chi connectivity index (χ0n) is 9.02. The Morgan fingerprint density at radius 1 is 1.50 bits per heavy atom. The Balaban J connectivity index is 2.34. The van der Waals surface area contributed by atoms with Crippen molar-refractivity contribution in [2.24, 2.45) is 0 Å². The van der Waals surface area contributed by atoms with Crippen LogP contribution in [0.4, 0.5) is 0 Å². The topological polar surface area (TPSA) is 74.7 Å². The lowest BCUT2D eigenvalue weighted by Gasteiger charge is -2.26. The molecule has 2 aliphatic rings. The molecule has 0 bridgehead atoms. The second kappa shape index (κ2) is 3.43. The Hall–Kier alpha value is -1.65. The number of nitrogens with zero attached hydrogens (tertiary/aromatic N) is 1. The minimum Gasteiger partial charge on any atom is -0.479 e. The first-order valence-corrected chi connectivity index (χ1v) is 5.19. The third-order valence-corrected chi connectivity index (χ3v) is 3.26. The number of ketones is 1. The molecule has 0 aliphatic carbocycles. The molecule has 1 amide bonds. The van der Waals surface area contributed by atoms with Gasteiger partial charge in [0, 0.05) is 19.4 Å². The minimum absolute atomic E-state index is 0.107. The van der Waals surface area contributed by atoms with Crippen molar-refractivity contribution in [3.63, 3.8) is 0 Å². The van der Waals surface area contributed by atoms with Gasteiger partial charge in [-0.15, -0.1) is 0 Å². The second-order valence-electron chi connectivity index (χ2n) is 4.41. The first-order chi connectivity index (χ1) is 7.45. The van der Waals surface area contributed by atoms with Crippen molar-refractivity contribution < 1.29 is 19.5 Å². The molecule has 0 radical (unpaired) electrons. The lowest BCUT2D eigenvalue weighted by atomic mass is 9.92. The largest absolute Gasteiger partial charge is 0.479 e. The van der Waals surface area contributed by atoms with Crippen molar-refractivity contribution >= 4 is 17.7 Å². The van der Waals surface area contributed by atoms with Crippen LogP contribution in [0.25, 0.3) is 0 Å². The van der Waals surface area contributed by atoms with E-state index in [2.05, 4.69) is 0 Å². The van der Waals surface area contributed by atoms with Crippen LogP contribution in [0.5, 0.6) is 0 Å². The maximum atomic E-state index is 11.5. The molecule has 0 aromatic carbocycles. The first-order valence-electron chi connectivity index (χ1n) is 5.19. The summed E-state index contributed by atoms with van der Waals surface area (Å²) < 4.78 is 0. The van der Waals surface area contributed by atoms with Gasteiger partial charge in [-0.2, -0.15) is 0 Å². The molecule has 0 spiro atoms. The molecule has 2 heterocycles. The summed E-state index contributed by atoms with van der Waals surface area (Å²) >= 11 is 0. The Labute approximate surface area is 92.7 Å². The maximum Gasteiger partial charge on any atom is 0.329 e. The van der Waals surface area contributed by atoms with E-state index < -0.39 is 11.5 Å². The lowest BCUT2D eigenvalue weighted by molar-refractivity contribution is -0.151. The van der Waals surface area contributed by atoms with Crippen LogP contribution in [0.1, 0.15) is 26.2 Å². The summed E-state index contributed by atoms with van der Waals surface area (Å²) in [6, 6.07) is 0. The molecule has 0 aromatic rings. The van der Waals surface area contributed by atoms with E-state index in [0.29, 0.717) is 12.8 Å². The van der Waals surface area contributed by atoms with Crippen LogP contribution >= 0.6 is 0 Å². The summed E-state index contributed by atoms with van der Waals surface area (Å²) in [5.41, 5.74) is -0.346. The van der Waals surface area contributed by atoms with Crippen molar-refractivity contribution in [1.82, 2.24) is 4.90 Å². The predicted octanol–water partition coefficient (Wildman–Crippen LogP) is 0.351. The molecule has 16 heavy (non-hydrogen) atoms. The highest BCUT2D eigenvalue weighted by molar-refractivity contribution is 5.94. The van der Waals surface area contributed by atoms with E-state index in [1.54, 1.807) is 0 Å². The van der Waals surface area contributed by atoms with E-state index in [4.69, 9.17) is 0 Å². The normalized spacial score (nSPS) is 30.9. The highest BCUT2D eigenvalue weighted by Gasteiger charge is 2.55. The van der Waals surface area contributed by atoms with Crippen LogP contribution in [0.3, 0.4) is 0 Å². The molecule has 0 aromatic heterocycles. The number of carbonyl (C=O) groups is 3. The van der Waals surface area contributed by atoms with Crippen molar-refractivity contribution in [2.75, 3.05) is 6.54 Å². The number of carbonyl (C=O) groups excluding carboxylic acids is 2. The number of carboxylic acids is 1. The average Bonchev–Trinajstić information content (AvgIpc) is 2.65. The third-order valence-electron chi connectivity index (χ3n) is 3.26. The third kappa shape index (κ3) is 1.43. The molecule has 5 heteroatoms. The summed E-state index contributed by atoms with van der Waals surface area (Å²) in [6.07, 6.45) is 2.36. The predicted molar refractivity (Wildman–Crippen MR) is 54.7 cm³/mol. The fourth-order valence-corrected chi connectivity index (χ4v) is 2.56. The van der Waals surface area contributed by atoms with Gasteiger partial charge in [0.2, 0.25) is 5.91 Å². The Morgan fingerprint density at radius 2 is 2.19 bits per heavy atom. The second-order valence-corrected chi connectivity index (χ2v) is 4.41. The molecule has 0 saturated carbocycles. The smallest absolute Gasteiger partial charge is 0.329 e. The van der Waals surface area contributed by atoms with Gasteiger partial charge in [-0.25, -0.2) is 4.79 Å². The van der Waals surface area contributed by atoms with E-state index in [1.807, 2.05) is 0 Å². The number of rotatable bonds is 2. The van der Waals surface area contributed by atoms with E-state index in [9.17, 15) is 19.5 Å². The molecule has 2 fully saturated rings. The Bertz CT molecular complexity index is 412. The summed E-state index contributed by atoms with van der Waals surface area (Å²) in [4.78, 5) is 35.2. The van der Waals surface area contributed by atoms with Gasteiger partial charge in [-0.3, -0.25) is 9.59 Å². The fraction of sp³-hybridized carbons (Fsp3) is 0.545. The Morgan fingerprint density at radius 3 is 2.69 bits per heavy atom. The molecule has 86 valence electrons. The van der Waals surface area contributed by atoms with Crippen LogP contribution in [0, 0.1) is 0 Å². The Kier molecular flexibility index (Phi) is 2.33. The average molecular weight is 223 g/mol. The zero-order chi connectivity index (χ0) is 11.9. The van der Waals surface area contributed by atoms with Gasteiger partial charge < -0.3 is 10.0 Å². The number of hydrogen-bond donors (Lipinski definition) is 1. The van der Waals surface area contributed by atoms with Crippen molar-refractivity contribution in [2.45, 2.75) is 31.7 Å². The zero-order valence-corrected chi connectivity index (χ0v) is 9.02. The maximum absolute atomic E-state index is 11.5. The van der Waals surface area contributed by atoms with E-state index >= 15 is 0 Å². The first kappa shape index (κ1) is 10.9. The van der Waals surface area contributed by atoms with Crippen LogP contribution in [-0.2, 0) is 14.4 Å². The van der Waals surface area contributed by atoms with Gasteiger partial charge in [-0.1, -0.05) is 0 Å². The lowest BCUT2D eigenvalue weighted by Crippen LogP contribution is -2.47. The van der Waals surface area contributed by atoms with Crippen molar-refractivity contribution in [1.29, 1.82) is 0 Å². The van der Waals surface area contributed by atoms with Gasteiger partial charge in [0.15, 0.2) is 5.78 Å². The van der Waals surface area contributed by atoms with Gasteiger partial charge >= 0.3 is 5.97 Å². The highest BCUT2D eigenvalue weighted by Crippen LogP contribution is 2.42. The SMILES string of the molecule is CC(=O)C=C1CN2C(=O)CC[C@@]2(C(=O)O)C1. The molecular weight excluding hydrogens is 210 g/mol. The molecule has 2 saturated heterocycles. The monoisotopic (exact) mass is 223 g/mol. The standard InChI is InChI=1S/C11H13NO4/c1-7(13)4-8-5-11(10(15)16)3-2-9(14)12(11)6-8/h4H,2-3,5-6H2,1H3,(H,15,16)/t11-/m0/s1. The number of amides is 1. The van der Waals surface area contributed by atoms with E-state index in [1.165, 1.54) is 17.9 Å². The van der Waals surface area contributed by atoms with Crippen LogP contribution in [0.15, 0.2) is 11.6 Å². The fourth-order valence-electron chi connectivity index (χ4n) is 2.56. The number of allylic oxidation sites excluding steroid dienone is 1. The molecule has 2 aliphatic heterocycles. The minimum atomic E-state index is -1.08. The number of fused-ring (bicyclic) bond motifs is 1. The summed E-state index contributed by atoms with van der Waals surface area (Å²) in [7, 11) is 0. The molecule has 5 nitrogen and oxygen atoms in total. The molecular formula is C11H13NO4. The van der Waals surface area contributed by atoms with Gasteiger partial charge in [0.1, 0.15) is 5.54 Å². The van der Waals surface area contributed by atoms with Gasteiger partial charge in [0.05, 0.1) is 0 Å². The quantitative estimate of drug-likeness (QED) is 0.685. The van der Waals surface area contributed by atoms with Crippen LogP contribution in [0.2, 0.25) is 0 Å². The number of carboxylic acid groups (broad SMARTS) is 1. The summed E-state index contributed by atoms with van der Waals surface area (Å²) in [5.74, 6) is -1.20. The van der Waals surface area contributed by atoms with E-state index in [0.717, 1.165) is 5.57 Å². The summed E-state index contributed by atoms with van der Waals surface area (Å²) in [6.45, 7) is 1.70.